The smallest absolute Gasteiger partial charge is 0.253 e. The van der Waals surface area contributed by atoms with Gasteiger partial charge in [0.05, 0.1) is 5.56 Å². The summed E-state index contributed by atoms with van der Waals surface area (Å²) in [5.74, 6) is -0.779. The average molecular weight is 270 g/mol. The lowest BCUT2D eigenvalue weighted by molar-refractivity contribution is 0.0939. The summed E-state index contributed by atoms with van der Waals surface area (Å²) >= 11 is 0. The Morgan fingerprint density at radius 1 is 1.15 bits per heavy atom. The summed E-state index contributed by atoms with van der Waals surface area (Å²) in [5.41, 5.74) is 8.72. The number of hydrogen-bond donors (Lipinski definition) is 2. The zero-order chi connectivity index (χ0) is 14.1. The number of hydrogen-bond acceptors (Lipinski definition) is 2. The maximum Gasteiger partial charge on any atom is 0.253 e. The van der Waals surface area contributed by atoms with Gasteiger partial charge in [-0.05, 0) is 42.2 Å². The van der Waals surface area contributed by atoms with E-state index in [-0.39, 0.29) is 17.5 Å². The van der Waals surface area contributed by atoms with Crippen molar-refractivity contribution in [3.8, 4) is 0 Å². The van der Waals surface area contributed by atoms with Gasteiger partial charge in [0.2, 0.25) is 0 Å². The number of carbonyl (C=O) groups excluding carboxylic acids is 1. The molecule has 0 aliphatic heterocycles. The summed E-state index contributed by atoms with van der Waals surface area (Å²) in [6.45, 7) is 0. The van der Waals surface area contributed by atoms with Crippen molar-refractivity contribution in [2.75, 3.05) is 5.73 Å². The normalized spacial score (nSPS) is 14.1. The van der Waals surface area contributed by atoms with Gasteiger partial charge < -0.3 is 11.1 Å². The van der Waals surface area contributed by atoms with Crippen LogP contribution in [0.3, 0.4) is 0 Å². The number of amides is 1. The standard InChI is InChI=1S/C16H15FN2O/c17-12-5-6-15(18)14(9-12)16(20)19-13-7-10-3-1-2-4-11(10)8-13/h1-6,9,13H,7-8,18H2,(H,19,20). The number of carbonyl (C=O) groups is 1. The monoisotopic (exact) mass is 270 g/mol. The summed E-state index contributed by atoms with van der Waals surface area (Å²) in [6.07, 6.45) is 1.61. The summed E-state index contributed by atoms with van der Waals surface area (Å²) in [6, 6.07) is 12.0. The van der Waals surface area contributed by atoms with Gasteiger partial charge in [-0.1, -0.05) is 24.3 Å². The first-order valence-corrected chi connectivity index (χ1v) is 6.56. The van der Waals surface area contributed by atoms with Crippen molar-refractivity contribution in [2.45, 2.75) is 18.9 Å². The number of benzene rings is 2. The number of nitrogens with two attached hydrogens (primary N) is 1. The van der Waals surface area contributed by atoms with Gasteiger partial charge in [0.25, 0.3) is 5.91 Å². The third-order valence-electron chi connectivity index (χ3n) is 3.65. The minimum Gasteiger partial charge on any atom is -0.398 e. The fourth-order valence-electron chi connectivity index (χ4n) is 2.65. The van der Waals surface area contributed by atoms with E-state index in [1.54, 1.807) is 0 Å². The highest BCUT2D eigenvalue weighted by Crippen LogP contribution is 2.22. The van der Waals surface area contributed by atoms with Gasteiger partial charge in [-0.2, -0.15) is 0 Å². The summed E-state index contributed by atoms with van der Waals surface area (Å²) in [7, 11) is 0. The molecule has 0 unspecified atom stereocenters. The molecule has 20 heavy (non-hydrogen) atoms. The van der Waals surface area contributed by atoms with Crippen molar-refractivity contribution in [2.24, 2.45) is 0 Å². The molecule has 3 nitrogen and oxygen atoms in total. The summed E-state index contributed by atoms with van der Waals surface area (Å²) in [5, 5.41) is 2.92. The molecular weight excluding hydrogens is 255 g/mol. The average Bonchev–Trinajstić information content (AvgIpc) is 2.83. The minimum absolute atomic E-state index is 0.0440. The van der Waals surface area contributed by atoms with Crippen molar-refractivity contribution in [1.82, 2.24) is 5.32 Å². The Balaban J connectivity index is 1.74. The third-order valence-corrected chi connectivity index (χ3v) is 3.65. The molecule has 3 N–H and O–H groups in total. The van der Waals surface area contributed by atoms with Gasteiger partial charge in [-0.3, -0.25) is 4.79 Å². The molecule has 102 valence electrons. The van der Waals surface area contributed by atoms with E-state index < -0.39 is 5.82 Å². The van der Waals surface area contributed by atoms with E-state index in [0.29, 0.717) is 5.69 Å². The van der Waals surface area contributed by atoms with Crippen molar-refractivity contribution in [3.05, 3.63) is 65.0 Å². The Morgan fingerprint density at radius 3 is 2.45 bits per heavy atom. The van der Waals surface area contributed by atoms with E-state index >= 15 is 0 Å². The van der Waals surface area contributed by atoms with E-state index in [9.17, 15) is 9.18 Å². The lowest BCUT2D eigenvalue weighted by Crippen LogP contribution is -2.35. The molecule has 4 heteroatoms. The van der Waals surface area contributed by atoms with Crippen LogP contribution in [0.2, 0.25) is 0 Å². The quantitative estimate of drug-likeness (QED) is 0.823. The number of nitrogens with one attached hydrogen (secondary N) is 1. The lowest BCUT2D eigenvalue weighted by Gasteiger charge is -2.13. The second-order valence-corrected chi connectivity index (χ2v) is 5.08. The molecule has 2 aromatic rings. The van der Waals surface area contributed by atoms with Crippen LogP contribution < -0.4 is 11.1 Å². The Kier molecular flexibility index (Phi) is 3.14. The van der Waals surface area contributed by atoms with Gasteiger partial charge in [0, 0.05) is 11.7 Å². The SMILES string of the molecule is Nc1ccc(F)cc1C(=O)NC1Cc2ccccc2C1. The molecule has 3 rings (SSSR count). The van der Waals surface area contributed by atoms with Crippen LogP contribution in [0.5, 0.6) is 0 Å². The van der Waals surface area contributed by atoms with Crippen LogP contribution in [0.15, 0.2) is 42.5 Å². The predicted octanol–water partition coefficient (Wildman–Crippen LogP) is 2.31. The van der Waals surface area contributed by atoms with E-state index in [0.717, 1.165) is 12.8 Å². The van der Waals surface area contributed by atoms with Gasteiger partial charge in [0.15, 0.2) is 0 Å². The van der Waals surface area contributed by atoms with Crippen LogP contribution in [-0.4, -0.2) is 11.9 Å². The molecule has 0 heterocycles. The lowest BCUT2D eigenvalue weighted by atomic mass is 10.1. The van der Waals surface area contributed by atoms with Crippen molar-refractivity contribution < 1.29 is 9.18 Å². The highest BCUT2D eigenvalue weighted by Gasteiger charge is 2.23. The molecule has 0 saturated carbocycles. The first-order chi connectivity index (χ1) is 9.63. The fraction of sp³-hybridized carbons (Fsp3) is 0.188. The van der Waals surface area contributed by atoms with Gasteiger partial charge in [-0.15, -0.1) is 0 Å². The maximum atomic E-state index is 13.2. The van der Waals surface area contributed by atoms with Gasteiger partial charge in [-0.25, -0.2) is 4.39 Å². The minimum atomic E-state index is -0.459. The molecule has 0 atom stereocenters. The topological polar surface area (TPSA) is 55.1 Å². The van der Waals surface area contributed by atoms with Crippen LogP contribution in [-0.2, 0) is 12.8 Å². The highest BCUT2D eigenvalue weighted by atomic mass is 19.1. The van der Waals surface area contributed by atoms with Crippen molar-refractivity contribution in [3.63, 3.8) is 0 Å². The van der Waals surface area contributed by atoms with E-state index in [4.69, 9.17) is 5.73 Å². The number of nitrogen functional groups attached to an aromatic ring is 1. The van der Waals surface area contributed by atoms with Crippen LogP contribution in [0, 0.1) is 5.82 Å². The molecule has 1 aliphatic rings. The highest BCUT2D eigenvalue weighted by molar-refractivity contribution is 5.99. The first-order valence-electron chi connectivity index (χ1n) is 6.56. The zero-order valence-electron chi connectivity index (χ0n) is 10.9. The van der Waals surface area contributed by atoms with Crippen molar-refractivity contribution >= 4 is 11.6 Å². The molecule has 0 saturated heterocycles. The second-order valence-electron chi connectivity index (χ2n) is 5.08. The number of rotatable bonds is 2. The molecule has 2 aromatic carbocycles. The number of halogens is 1. The number of fused-ring (bicyclic) bond motifs is 1. The molecule has 1 aliphatic carbocycles. The van der Waals surface area contributed by atoms with Crippen LogP contribution in [0.25, 0.3) is 0 Å². The Labute approximate surface area is 116 Å². The third kappa shape index (κ3) is 2.37. The molecule has 0 aromatic heterocycles. The Bertz CT molecular complexity index is 644. The number of anilines is 1. The van der Waals surface area contributed by atoms with Crippen LogP contribution in [0.4, 0.5) is 10.1 Å². The fourth-order valence-corrected chi connectivity index (χ4v) is 2.65. The molecular formula is C16H15FN2O. The summed E-state index contributed by atoms with van der Waals surface area (Å²) < 4.78 is 13.2. The molecule has 0 spiro atoms. The predicted molar refractivity (Wildman–Crippen MR) is 75.9 cm³/mol. The Hall–Kier alpha value is -2.36. The van der Waals surface area contributed by atoms with Crippen molar-refractivity contribution in [1.29, 1.82) is 0 Å². The van der Waals surface area contributed by atoms with E-state index in [1.165, 1.54) is 29.3 Å². The zero-order valence-corrected chi connectivity index (χ0v) is 10.9. The van der Waals surface area contributed by atoms with Gasteiger partial charge in [0.1, 0.15) is 5.82 Å². The van der Waals surface area contributed by atoms with Crippen LogP contribution in [0.1, 0.15) is 21.5 Å². The largest absolute Gasteiger partial charge is 0.398 e. The Morgan fingerprint density at radius 2 is 1.80 bits per heavy atom. The van der Waals surface area contributed by atoms with E-state index in [2.05, 4.69) is 17.4 Å². The van der Waals surface area contributed by atoms with E-state index in [1.807, 2.05) is 12.1 Å². The molecule has 0 fully saturated rings. The van der Waals surface area contributed by atoms with Crippen LogP contribution >= 0.6 is 0 Å². The summed E-state index contributed by atoms with van der Waals surface area (Å²) in [4.78, 5) is 12.2. The molecule has 1 amide bonds. The van der Waals surface area contributed by atoms with Gasteiger partial charge >= 0.3 is 0 Å². The first kappa shape index (κ1) is 12.7. The maximum absolute atomic E-state index is 13.2. The second kappa shape index (κ2) is 4.96. The molecule has 0 bridgehead atoms. The molecule has 0 radical (unpaired) electrons.